The van der Waals surface area contributed by atoms with Gasteiger partial charge in [0.05, 0.1) is 0 Å². The zero-order valence-electron chi connectivity index (χ0n) is 14.0. The SMILES string of the molecule is C=C(C)C(C)C(C)/C(C)=C/C(C)C(C)(C)N(C)C. The smallest absolute Gasteiger partial charge is 0.0207 e. The van der Waals surface area contributed by atoms with Gasteiger partial charge in [0, 0.05) is 5.54 Å². The third-order valence-corrected chi connectivity index (χ3v) is 5.03. The molecule has 0 aromatic heterocycles. The quantitative estimate of drug-likeness (QED) is 0.615. The minimum atomic E-state index is 0.188. The molecule has 18 heavy (non-hydrogen) atoms. The Morgan fingerprint density at radius 3 is 1.83 bits per heavy atom. The highest BCUT2D eigenvalue weighted by Gasteiger charge is 2.27. The molecule has 0 aliphatic heterocycles. The molecule has 1 heteroatoms. The summed E-state index contributed by atoms with van der Waals surface area (Å²) in [6.07, 6.45) is 2.43. The molecule has 0 heterocycles. The van der Waals surface area contributed by atoms with E-state index in [4.69, 9.17) is 0 Å². The van der Waals surface area contributed by atoms with Gasteiger partial charge in [0.15, 0.2) is 0 Å². The zero-order valence-corrected chi connectivity index (χ0v) is 14.0. The molecule has 3 atom stereocenters. The Labute approximate surface area is 115 Å². The van der Waals surface area contributed by atoms with Crippen LogP contribution in [0.3, 0.4) is 0 Å². The molecule has 3 unspecified atom stereocenters. The van der Waals surface area contributed by atoms with Gasteiger partial charge in [-0.15, -0.1) is 0 Å². The molecule has 0 fully saturated rings. The van der Waals surface area contributed by atoms with E-state index in [1.54, 1.807) is 0 Å². The van der Waals surface area contributed by atoms with Crippen molar-refractivity contribution in [3.63, 3.8) is 0 Å². The van der Waals surface area contributed by atoms with Crippen LogP contribution >= 0.6 is 0 Å². The van der Waals surface area contributed by atoms with E-state index in [1.807, 2.05) is 0 Å². The highest BCUT2D eigenvalue weighted by atomic mass is 15.1. The maximum Gasteiger partial charge on any atom is 0.0207 e. The second-order valence-corrected chi connectivity index (χ2v) is 6.67. The lowest BCUT2D eigenvalue weighted by atomic mass is 9.81. The van der Waals surface area contributed by atoms with Crippen molar-refractivity contribution >= 4 is 0 Å². The summed E-state index contributed by atoms with van der Waals surface area (Å²) < 4.78 is 0. The Morgan fingerprint density at radius 2 is 1.50 bits per heavy atom. The molecule has 0 amide bonds. The van der Waals surface area contributed by atoms with Crippen LogP contribution in [0.25, 0.3) is 0 Å². The lowest BCUT2D eigenvalue weighted by molar-refractivity contribution is 0.150. The third-order valence-electron chi connectivity index (χ3n) is 5.03. The average molecular weight is 251 g/mol. The Hall–Kier alpha value is -0.560. The normalized spacial score (nSPS) is 18.7. The Bertz CT molecular complexity index is 310. The van der Waals surface area contributed by atoms with Crippen molar-refractivity contribution in [2.24, 2.45) is 17.8 Å². The van der Waals surface area contributed by atoms with Crippen LogP contribution in [-0.2, 0) is 0 Å². The molecule has 0 saturated heterocycles. The standard InChI is InChI=1S/C17H33N/c1-12(2)15(5)16(6)13(3)11-14(4)17(7,8)18(9)10/h11,14-16H,1H2,2-10H3/b13-11+. The molecule has 0 bridgehead atoms. The van der Waals surface area contributed by atoms with Crippen molar-refractivity contribution in [3.05, 3.63) is 23.8 Å². The molecule has 0 aliphatic rings. The summed E-state index contributed by atoms with van der Waals surface area (Å²) >= 11 is 0. The lowest BCUT2D eigenvalue weighted by Gasteiger charge is -2.37. The zero-order chi connectivity index (χ0) is 14.7. The molecule has 0 aromatic carbocycles. The molecular formula is C17H33N. The highest BCUT2D eigenvalue weighted by Crippen LogP contribution is 2.29. The summed E-state index contributed by atoms with van der Waals surface area (Å²) in [7, 11) is 4.30. The predicted octanol–water partition coefficient (Wildman–Crippen LogP) is 4.76. The van der Waals surface area contributed by atoms with Gasteiger partial charge in [-0.25, -0.2) is 0 Å². The topological polar surface area (TPSA) is 3.24 Å². The number of rotatable bonds is 6. The summed E-state index contributed by atoms with van der Waals surface area (Å²) in [6, 6.07) is 0. The summed E-state index contributed by atoms with van der Waals surface area (Å²) in [5, 5.41) is 0. The van der Waals surface area contributed by atoms with E-state index < -0.39 is 0 Å². The van der Waals surface area contributed by atoms with Crippen molar-refractivity contribution in [3.8, 4) is 0 Å². The minimum Gasteiger partial charge on any atom is -0.304 e. The Kier molecular flexibility index (Phi) is 6.36. The first kappa shape index (κ1) is 17.4. The van der Waals surface area contributed by atoms with Gasteiger partial charge in [-0.1, -0.05) is 44.6 Å². The maximum absolute atomic E-state index is 4.08. The predicted molar refractivity (Wildman–Crippen MR) is 83.8 cm³/mol. The molecule has 106 valence electrons. The van der Waals surface area contributed by atoms with E-state index >= 15 is 0 Å². The van der Waals surface area contributed by atoms with E-state index in [0.29, 0.717) is 17.8 Å². The Morgan fingerprint density at radius 1 is 1.06 bits per heavy atom. The van der Waals surface area contributed by atoms with Crippen LogP contribution in [0.5, 0.6) is 0 Å². The first-order valence-electron chi connectivity index (χ1n) is 7.03. The van der Waals surface area contributed by atoms with Gasteiger partial charge in [-0.3, -0.25) is 0 Å². The molecule has 0 aromatic rings. The highest BCUT2D eigenvalue weighted by molar-refractivity contribution is 5.13. The van der Waals surface area contributed by atoms with Gasteiger partial charge in [-0.05, 0) is 59.5 Å². The molecule has 0 saturated carbocycles. The third kappa shape index (κ3) is 4.28. The van der Waals surface area contributed by atoms with E-state index in [0.717, 1.165) is 0 Å². The maximum atomic E-state index is 4.08. The summed E-state index contributed by atoms with van der Waals surface area (Å²) in [4.78, 5) is 2.30. The largest absolute Gasteiger partial charge is 0.304 e. The molecule has 0 spiro atoms. The molecule has 0 rings (SSSR count). The van der Waals surface area contributed by atoms with E-state index in [1.165, 1.54) is 11.1 Å². The first-order chi connectivity index (χ1) is 8.01. The van der Waals surface area contributed by atoms with Crippen molar-refractivity contribution in [2.45, 2.75) is 54.0 Å². The van der Waals surface area contributed by atoms with Crippen LogP contribution in [0, 0.1) is 17.8 Å². The second-order valence-electron chi connectivity index (χ2n) is 6.67. The van der Waals surface area contributed by atoms with Crippen LogP contribution in [0.15, 0.2) is 23.8 Å². The van der Waals surface area contributed by atoms with Crippen molar-refractivity contribution in [2.75, 3.05) is 14.1 Å². The lowest BCUT2D eigenvalue weighted by Crippen LogP contribution is -2.43. The van der Waals surface area contributed by atoms with Crippen LogP contribution in [0.2, 0.25) is 0 Å². The van der Waals surface area contributed by atoms with Gasteiger partial charge in [0.1, 0.15) is 0 Å². The number of nitrogens with zero attached hydrogens (tertiary/aromatic N) is 1. The average Bonchev–Trinajstić information content (AvgIpc) is 2.26. The van der Waals surface area contributed by atoms with Crippen molar-refractivity contribution < 1.29 is 0 Å². The number of hydrogen-bond acceptors (Lipinski definition) is 1. The van der Waals surface area contributed by atoms with Crippen molar-refractivity contribution in [1.82, 2.24) is 4.90 Å². The van der Waals surface area contributed by atoms with Gasteiger partial charge < -0.3 is 4.90 Å². The molecule has 0 radical (unpaired) electrons. The Balaban J connectivity index is 4.93. The van der Waals surface area contributed by atoms with E-state index in [9.17, 15) is 0 Å². The fourth-order valence-corrected chi connectivity index (χ4v) is 1.98. The van der Waals surface area contributed by atoms with Crippen LogP contribution < -0.4 is 0 Å². The van der Waals surface area contributed by atoms with Crippen molar-refractivity contribution in [1.29, 1.82) is 0 Å². The van der Waals surface area contributed by atoms with Gasteiger partial charge in [-0.2, -0.15) is 0 Å². The van der Waals surface area contributed by atoms with E-state index in [2.05, 4.69) is 80.1 Å². The second kappa shape index (κ2) is 6.56. The van der Waals surface area contributed by atoms with Crippen LogP contribution in [-0.4, -0.2) is 24.5 Å². The summed E-state index contributed by atoms with van der Waals surface area (Å²) in [5.41, 5.74) is 2.94. The summed E-state index contributed by atoms with van der Waals surface area (Å²) in [5.74, 6) is 1.66. The van der Waals surface area contributed by atoms with Gasteiger partial charge >= 0.3 is 0 Å². The molecule has 0 N–H and O–H groups in total. The number of allylic oxidation sites excluding steroid dienone is 2. The van der Waals surface area contributed by atoms with Crippen LogP contribution in [0.1, 0.15) is 48.5 Å². The minimum absolute atomic E-state index is 0.188. The summed E-state index contributed by atoms with van der Waals surface area (Å²) in [6.45, 7) is 19.9. The molecule has 0 aliphatic carbocycles. The molecule has 1 nitrogen and oxygen atoms in total. The van der Waals surface area contributed by atoms with Crippen LogP contribution in [0.4, 0.5) is 0 Å². The monoisotopic (exact) mass is 251 g/mol. The van der Waals surface area contributed by atoms with Gasteiger partial charge in [0.2, 0.25) is 0 Å². The van der Waals surface area contributed by atoms with Gasteiger partial charge in [0.25, 0.3) is 0 Å². The number of hydrogen-bond donors (Lipinski definition) is 0. The molecular weight excluding hydrogens is 218 g/mol. The fourth-order valence-electron chi connectivity index (χ4n) is 1.98. The first-order valence-corrected chi connectivity index (χ1v) is 7.03. The fraction of sp³-hybridized carbons (Fsp3) is 0.765. The van der Waals surface area contributed by atoms with E-state index in [-0.39, 0.29) is 5.54 Å².